The summed E-state index contributed by atoms with van der Waals surface area (Å²) < 4.78 is 0. The fourth-order valence-corrected chi connectivity index (χ4v) is 4.81. The molecule has 0 aromatic carbocycles. The predicted molar refractivity (Wildman–Crippen MR) is 110 cm³/mol. The number of allylic oxidation sites excluding steroid dienone is 4. The van der Waals surface area contributed by atoms with Gasteiger partial charge in [0.15, 0.2) is 0 Å². The van der Waals surface area contributed by atoms with E-state index in [1.807, 2.05) is 19.9 Å². The highest BCUT2D eigenvalue weighted by atomic mass is 35.5. The van der Waals surface area contributed by atoms with Crippen molar-refractivity contribution >= 4 is 35.0 Å². The van der Waals surface area contributed by atoms with E-state index in [2.05, 4.69) is 10.3 Å². The lowest BCUT2D eigenvalue weighted by atomic mass is 9.79. The largest absolute Gasteiger partial charge is 0.355 e. The molecule has 150 valence electrons. The van der Waals surface area contributed by atoms with Crippen LogP contribution in [0.4, 0.5) is 0 Å². The molecule has 2 unspecified atom stereocenters. The van der Waals surface area contributed by atoms with Crippen molar-refractivity contribution in [3.05, 3.63) is 50.3 Å². The van der Waals surface area contributed by atoms with Crippen molar-refractivity contribution in [2.45, 2.75) is 39.8 Å². The first-order valence-corrected chi connectivity index (χ1v) is 10.0. The molecule has 6 nitrogen and oxygen atoms in total. The molecular formula is C20H24Cl2N4O2. The zero-order chi connectivity index (χ0) is 20.6. The van der Waals surface area contributed by atoms with E-state index in [0.717, 1.165) is 22.5 Å². The van der Waals surface area contributed by atoms with Crippen molar-refractivity contribution in [1.29, 1.82) is 0 Å². The number of rotatable bonds is 5. The van der Waals surface area contributed by atoms with Gasteiger partial charge in [0.05, 0.1) is 17.8 Å². The standard InChI is InChI=1S/C20H24Cl2N4O2/c1-10-6-13(21)7-15(22)17(10)18-14(8-23)11(2)25-16-9-26(20(28)19(16)18)5-4-24-12(3)27/h6-7,10,17H,4-5,8-9,23H2,1-3H3,(H,24,27). The number of fused-ring (bicyclic) bond motifs is 1. The summed E-state index contributed by atoms with van der Waals surface area (Å²) in [5.74, 6) is -0.407. The van der Waals surface area contributed by atoms with Crippen molar-refractivity contribution in [3.63, 3.8) is 0 Å². The van der Waals surface area contributed by atoms with Gasteiger partial charge in [0.1, 0.15) is 0 Å². The Balaban J connectivity index is 2.05. The van der Waals surface area contributed by atoms with Crippen LogP contribution in [0.25, 0.3) is 0 Å². The van der Waals surface area contributed by atoms with Crippen LogP contribution in [0.3, 0.4) is 0 Å². The lowest BCUT2D eigenvalue weighted by Gasteiger charge is -2.29. The molecule has 0 saturated carbocycles. The number of nitrogens with zero attached hydrogens (tertiary/aromatic N) is 2. The first-order chi connectivity index (χ1) is 13.2. The van der Waals surface area contributed by atoms with Crippen LogP contribution in [-0.2, 0) is 17.9 Å². The van der Waals surface area contributed by atoms with Crippen molar-refractivity contribution < 1.29 is 9.59 Å². The quantitative estimate of drug-likeness (QED) is 0.763. The molecule has 8 heteroatoms. The molecule has 1 aliphatic carbocycles. The molecule has 3 rings (SSSR count). The monoisotopic (exact) mass is 422 g/mol. The molecule has 2 atom stereocenters. The van der Waals surface area contributed by atoms with E-state index in [1.165, 1.54) is 6.92 Å². The molecule has 2 aliphatic rings. The van der Waals surface area contributed by atoms with Gasteiger partial charge < -0.3 is 16.0 Å². The maximum absolute atomic E-state index is 13.2. The Labute approximate surface area is 174 Å². The van der Waals surface area contributed by atoms with E-state index in [0.29, 0.717) is 35.3 Å². The molecule has 1 aliphatic heterocycles. The summed E-state index contributed by atoms with van der Waals surface area (Å²) in [6.07, 6.45) is 3.67. The second-order valence-electron chi connectivity index (χ2n) is 7.24. The number of hydrogen-bond acceptors (Lipinski definition) is 4. The highest BCUT2D eigenvalue weighted by Crippen LogP contribution is 2.45. The number of carbonyl (C=O) groups is 2. The van der Waals surface area contributed by atoms with E-state index in [1.54, 1.807) is 11.0 Å². The smallest absolute Gasteiger partial charge is 0.256 e. The molecule has 0 bridgehead atoms. The predicted octanol–water partition coefficient (Wildman–Crippen LogP) is 2.92. The number of aromatic nitrogens is 1. The van der Waals surface area contributed by atoms with Crippen LogP contribution >= 0.6 is 23.2 Å². The Morgan fingerprint density at radius 3 is 2.75 bits per heavy atom. The summed E-state index contributed by atoms with van der Waals surface area (Å²) in [7, 11) is 0. The van der Waals surface area contributed by atoms with Crippen molar-refractivity contribution in [3.8, 4) is 0 Å². The van der Waals surface area contributed by atoms with Gasteiger partial charge in [-0.3, -0.25) is 14.6 Å². The molecule has 1 aromatic heterocycles. The zero-order valence-electron chi connectivity index (χ0n) is 16.2. The Morgan fingerprint density at radius 1 is 1.43 bits per heavy atom. The maximum atomic E-state index is 13.2. The van der Waals surface area contributed by atoms with Gasteiger partial charge in [0.2, 0.25) is 5.91 Å². The van der Waals surface area contributed by atoms with Gasteiger partial charge in [-0.1, -0.05) is 36.2 Å². The highest BCUT2D eigenvalue weighted by Gasteiger charge is 2.38. The van der Waals surface area contributed by atoms with Crippen LogP contribution in [0.1, 0.15) is 52.6 Å². The fourth-order valence-electron chi connectivity index (χ4n) is 4.01. The summed E-state index contributed by atoms with van der Waals surface area (Å²) in [6.45, 7) is 6.88. The number of nitrogens with one attached hydrogen (secondary N) is 1. The number of nitrogens with two attached hydrogens (primary N) is 1. The molecular weight excluding hydrogens is 399 g/mol. The van der Waals surface area contributed by atoms with E-state index < -0.39 is 0 Å². The number of halogens is 2. The zero-order valence-corrected chi connectivity index (χ0v) is 17.7. The van der Waals surface area contributed by atoms with Crippen LogP contribution in [0, 0.1) is 12.8 Å². The van der Waals surface area contributed by atoms with Gasteiger partial charge in [-0.05, 0) is 30.0 Å². The molecule has 0 radical (unpaired) electrons. The summed E-state index contributed by atoms with van der Waals surface area (Å²) in [5, 5.41) is 3.91. The molecule has 0 saturated heterocycles. The molecule has 1 aromatic rings. The van der Waals surface area contributed by atoms with Gasteiger partial charge >= 0.3 is 0 Å². The van der Waals surface area contributed by atoms with Gasteiger partial charge in [-0.25, -0.2) is 0 Å². The Hall–Kier alpha value is -1.89. The van der Waals surface area contributed by atoms with Crippen molar-refractivity contribution in [2.24, 2.45) is 11.7 Å². The first kappa shape index (κ1) is 20.8. The summed E-state index contributed by atoms with van der Waals surface area (Å²) in [6, 6.07) is 0. The number of aryl methyl sites for hydroxylation is 1. The second kappa shape index (κ2) is 8.23. The van der Waals surface area contributed by atoms with Gasteiger partial charge in [-0.15, -0.1) is 0 Å². The first-order valence-electron chi connectivity index (χ1n) is 9.25. The fraction of sp³-hybridized carbons (Fsp3) is 0.450. The Bertz CT molecular complexity index is 895. The molecule has 3 N–H and O–H groups in total. The normalized spacial score (nSPS) is 21.4. The third-order valence-electron chi connectivity index (χ3n) is 5.26. The summed E-state index contributed by atoms with van der Waals surface area (Å²) in [5.41, 5.74) is 9.88. The lowest BCUT2D eigenvalue weighted by molar-refractivity contribution is -0.119. The van der Waals surface area contributed by atoms with Crippen LogP contribution < -0.4 is 11.1 Å². The van der Waals surface area contributed by atoms with Gasteiger partial charge in [0.25, 0.3) is 5.91 Å². The average Bonchev–Trinajstić information content (AvgIpc) is 2.89. The minimum absolute atomic E-state index is 0.0161. The third kappa shape index (κ3) is 3.81. The van der Waals surface area contributed by atoms with E-state index in [4.69, 9.17) is 28.9 Å². The van der Waals surface area contributed by atoms with Gasteiger partial charge in [-0.2, -0.15) is 0 Å². The lowest BCUT2D eigenvalue weighted by Crippen LogP contribution is -2.34. The Kier molecular flexibility index (Phi) is 6.12. The topological polar surface area (TPSA) is 88.3 Å². The highest BCUT2D eigenvalue weighted by molar-refractivity contribution is 6.35. The average molecular weight is 423 g/mol. The van der Waals surface area contributed by atoms with Crippen LogP contribution in [0.5, 0.6) is 0 Å². The van der Waals surface area contributed by atoms with Crippen LogP contribution in [0.2, 0.25) is 0 Å². The van der Waals surface area contributed by atoms with E-state index in [9.17, 15) is 9.59 Å². The minimum atomic E-state index is -0.197. The Morgan fingerprint density at radius 2 is 2.14 bits per heavy atom. The number of amides is 2. The SMILES string of the molecule is CC(=O)NCCN1Cc2nc(C)c(CN)c(C3C(Cl)=CC(Cl)=CC3C)c2C1=O. The second-order valence-corrected chi connectivity index (χ2v) is 8.12. The molecule has 28 heavy (non-hydrogen) atoms. The number of pyridine rings is 1. The van der Waals surface area contributed by atoms with Gasteiger partial charge in [0, 0.05) is 48.2 Å². The number of carbonyl (C=O) groups excluding carboxylic acids is 2. The van der Waals surface area contributed by atoms with E-state index >= 15 is 0 Å². The maximum Gasteiger partial charge on any atom is 0.256 e. The number of hydrogen-bond donors (Lipinski definition) is 2. The van der Waals surface area contributed by atoms with E-state index in [-0.39, 0.29) is 30.2 Å². The van der Waals surface area contributed by atoms with Crippen molar-refractivity contribution in [2.75, 3.05) is 13.1 Å². The third-order valence-corrected chi connectivity index (χ3v) is 5.84. The molecule has 0 fully saturated rings. The molecule has 0 spiro atoms. The molecule has 2 heterocycles. The minimum Gasteiger partial charge on any atom is -0.355 e. The summed E-state index contributed by atoms with van der Waals surface area (Å²) in [4.78, 5) is 30.7. The van der Waals surface area contributed by atoms with Crippen molar-refractivity contribution in [1.82, 2.24) is 15.2 Å². The molecule has 2 amide bonds. The van der Waals surface area contributed by atoms with Crippen LogP contribution in [0.15, 0.2) is 22.2 Å². The summed E-state index contributed by atoms with van der Waals surface area (Å²) >= 11 is 12.8. The van der Waals surface area contributed by atoms with Crippen LogP contribution in [-0.4, -0.2) is 34.8 Å².